The zero-order chi connectivity index (χ0) is 10.7. The summed E-state index contributed by atoms with van der Waals surface area (Å²) in [6.45, 7) is 2.18. The summed E-state index contributed by atoms with van der Waals surface area (Å²) >= 11 is 0. The van der Waals surface area contributed by atoms with Gasteiger partial charge in [0.25, 0.3) is 0 Å². The van der Waals surface area contributed by atoms with Gasteiger partial charge in [-0.05, 0) is 56.9 Å². The lowest BCUT2D eigenvalue weighted by molar-refractivity contribution is 0.0487. The molecule has 0 saturated heterocycles. The van der Waals surface area contributed by atoms with Gasteiger partial charge in [-0.2, -0.15) is 0 Å². The predicted molar refractivity (Wildman–Crippen MR) is 60.2 cm³/mol. The summed E-state index contributed by atoms with van der Waals surface area (Å²) in [7, 11) is 0. The van der Waals surface area contributed by atoms with Crippen LogP contribution < -0.4 is 4.74 Å². The van der Waals surface area contributed by atoms with E-state index in [-0.39, 0.29) is 11.4 Å². The van der Waals surface area contributed by atoms with Crippen molar-refractivity contribution < 1.29 is 9.84 Å². The fraction of sp³-hybridized carbons (Fsp3) is 0.538. The molecule has 15 heavy (non-hydrogen) atoms. The molecule has 1 aliphatic rings. The molecule has 2 heteroatoms. The van der Waals surface area contributed by atoms with Crippen LogP contribution in [0.2, 0.25) is 0 Å². The predicted octanol–water partition coefficient (Wildman–Crippen LogP) is 3.49. The van der Waals surface area contributed by atoms with Crippen molar-refractivity contribution in [3.05, 3.63) is 24.3 Å². The van der Waals surface area contributed by atoms with Gasteiger partial charge >= 0.3 is 0 Å². The van der Waals surface area contributed by atoms with Crippen LogP contribution in [0.1, 0.15) is 39.0 Å². The second-order valence-corrected chi connectivity index (χ2v) is 4.61. The molecule has 0 aromatic heterocycles. The quantitative estimate of drug-likeness (QED) is 0.802. The first kappa shape index (κ1) is 10.3. The summed E-state index contributed by atoms with van der Waals surface area (Å²) in [5.41, 5.74) is -0.00474. The third-order valence-electron chi connectivity index (χ3n) is 3.11. The number of phenolic OH excluding ortho intramolecular Hbond substituents is 1. The first-order valence-corrected chi connectivity index (χ1v) is 5.66. The van der Waals surface area contributed by atoms with E-state index in [1.807, 2.05) is 12.1 Å². The van der Waals surface area contributed by atoms with Crippen molar-refractivity contribution in [2.45, 2.75) is 44.6 Å². The Bertz CT molecular complexity index is 310. The minimum Gasteiger partial charge on any atom is -0.508 e. The van der Waals surface area contributed by atoms with E-state index < -0.39 is 0 Å². The van der Waals surface area contributed by atoms with Crippen molar-refractivity contribution in [3.8, 4) is 11.5 Å². The van der Waals surface area contributed by atoms with E-state index in [0.29, 0.717) is 0 Å². The molecule has 1 fully saturated rings. The molecule has 0 aliphatic heterocycles. The van der Waals surface area contributed by atoms with Gasteiger partial charge in [-0.15, -0.1) is 0 Å². The molecule has 0 spiro atoms. The fourth-order valence-corrected chi connectivity index (χ4v) is 2.20. The average Bonchev–Trinajstić information content (AvgIpc) is 2.22. The maximum Gasteiger partial charge on any atom is 0.120 e. The van der Waals surface area contributed by atoms with Gasteiger partial charge in [0.05, 0.1) is 0 Å². The van der Waals surface area contributed by atoms with Crippen LogP contribution in [0.4, 0.5) is 0 Å². The molecular formula is C13H18O2. The standard InChI is InChI=1S/C13H18O2/c1-13(9-3-2-4-10-13)15-12-7-5-11(14)6-8-12/h5-8,14H,2-4,9-10H2,1H3. The van der Waals surface area contributed by atoms with Crippen molar-refractivity contribution in [2.75, 3.05) is 0 Å². The van der Waals surface area contributed by atoms with Crippen LogP contribution in [-0.4, -0.2) is 10.7 Å². The Hall–Kier alpha value is -1.18. The monoisotopic (exact) mass is 206 g/mol. The lowest BCUT2D eigenvalue weighted by atomic mass is 9.86. The molecule has 1 N–H and O–H groups in total. The van der Waals surface area contributed by atoms with E-state index in [1.54, 1.807) is 12.1 Å². The van der Waals surface area contributed by atoms with Crippen molar-refractivity contribution in [1.82, 2.24) is 0 Å². The highest BCUT2D eigenvalue weighted by atomic mass is 16.5. The van der Waals surface area contributed by atoms with Crippen molar-refractivity contribution in [2.24, 2.45) is 0 Å². The maximum atomic E-state index is 9.17. The van der Waals surface area contributed by atoms with Crippen LogP contribution in [-0.2, 0) is 0 Å². The molecule has 1 aliphatic carbocycles. The highest BCUT2D eigenvalue weighted by molar-refractivity contribution is 5.30. The molecule has 1 aromatic carbocycles. The number of ether oxygens (including phenoxy) is 1. The molecule has 82 valence electrons. The Balaban J connectivity index is 2.03. The number of hydrogen-bond donors (Lipinski definition) is 1. The normalized spacial score (nSPS) is 19.8. The Labute approximate surface area is 90.9 Å². The smallest absolute Gasteiger partial charge is 0.120 e. The van der Waals surface area contributed by atoms with E-state index in [0.717, 1.165) is 18.6 Å². The minimum absolute atomic E-state index is 0.00474. The largest absolute Gasteiger partial charge is 0.508 e. The van der Waals surface area contributed by atoms with E-state index in [1.165, 1.54) is 19.3 Å². The van der Waals surface area contributed by atoms with Crippen LogP contribution in [0.5, 0.6) is 11.5 Å². The van der Waals surface area contributed by atoms with Crippen molar-refractivity contribution in [3.63, 3.8) is 0 Å². The summed E-state index contributed by atoms with van der Waals surface area (Å²) in [5.74, 6) is 1.15. The Morgan fingerprint density at radius 3 is 2.27 bits per heavy atom. The van der Waals surface area contributed by atoms with Gasteiger partial charge in [0.1, 0.15) is 17.1 Å². The van der Waals surface area contributed by atoms with Crippen LogP contribution in [0.25, 0.3) is 0 Å². The molecule has 0 bridgehead atoms. The van der Waals surface area contributed by atoms with Crippen LogP contribution >= 0.6 is 0 Å². The minimum atomic E-state index is -0.00474. The first-order chi connectivity index (χ1) is 7.18. The summed E-state index contributed by atoms with van der Waals surface area (Å²) in [6, 6.07) is 6.99. The van der Waals surface area contributed by atoms with E-state index in [4.69, 9.17) is 4.74 Å². The lowest BCUT2D eigenvalue weighted by Gasteiger charge is -2.34. The van der Waals surface area contributed by atoms with Gasteiger partial charge < -0.3 is 9.84 Å². The first-order valence-electron chi connectivity index (χ1n) is 5.66. The molecule has 0 radical (unpaired) electrons. The topological polar surface area (TPSA) is 29.5 Å². The highest BCUT2D eigenvalue weighted by Gasteiger charge is 2.28. The van der Waals surface area contributed by atoms with Crippen LogP contribution in [0.3, 0.4) is 0 Å². The summed E-state index contributed by atoms with van der Waals surface area (Å²) in [6.07, 6.45) is 6.11. The van der Waals surface area contributed by atoms with E-state index in [9.17, 15) is 5.11 Å². The summed E-state index contributed by atoms with van der Waals surface area (Å²) in [4.78, 5) is 0. The van der Waals surface area contributed by atoms with Crippen molar-refractivity contribution in [1.29, 1.82) is 0 Å². The van der Waals surface area contributed by atoms with E-state index >= 15 is 0 Å². The lowest BCUT2D eigenvalue weighted by Crippen LogP contribution is -2.34. The van der Waals surface area contributed by atoms with Gasteiger partial charge in [0, 0.05) is 0 Å². The molecular weight excluding hydrogens is 188 g/mol. The van der Waals surface area contributed by atoms with Gasteiger partial charge in [-0.1, -0.05) is 6.42 Å². The number of phenols is 1. The molecule has 1 aromatic rings. The Kier molecular flexibility index (Phi) is 2.85. The molecule has 2 rings (SSSR count). The number of benzene rings is 1. The van der Waals surface area contributed by atoms with Gasteiger partial charge in [-0.25, -0.2) is 0 Å². The fourth-order valence-electron chi connectivity index (χ4n) is 2.20. The van der Waals surface area contributed by atoms with Crippen LogP contribution in [0.15, 0.2) is 24.3 Å². The van der Waals surface area contributed by atoms with E-state index in [2.05, 4.69) is 6.92 Å². The third kappa shape index (κ3) is 2.65. The third-order valence-corrected chi connectivity index (χ3v) is 3.11. The molecule has 0 atom stereocenters. The molecule has 0 amide bonds. The maximum absolute atomic E-state index is 9.17. The highest BCUT2D eigenvalue weighted by Crippen LogP contribution is 2.32. The van der Waals surface area contributed by atoms with Gasteiger partial charge in [-0.3, -0.25) is 0 Å². The Morgan fingerprint density at radius 2 is 1.67 bits per heavy atom. The average molecular weight is 206 g/mol. The second kappa shape index (κ2) is 4.13. The molecule has 1 saturated carbocycles. The van der Waals surface area contributed by atoms with Gasteiger partial charge in [0.15, 0.2) is 0 Å². The number of aromatic hydroxyl groups is 1. The molecule has 0 unspecified atom stereocenters. The zero-order valence-electron chi connectivity index (χ0n) is 9.20. The summed E-state index contributed by atoms with van der Waals surface area (Å²) in [5, 5.41) is 9.17. The van der Waals surface area contributed by atoms with Crippen molar-refractivity contribution >= 4 is 0 Å². The molecule has 2 nitrogen and oxygen atoms in total. The Morgan fingerprint density at radius 1 is 1.07 bits per heavy atom. The molecule has 0 heterocycles. The number of hydrogen-bond acceptors (Lipinski definition) is 2. The number of rotatable bonds is 2. The zero-order valence-corrected chi connectivity index (χ0v) is 9.20. The van der Waals surface area contributed by atoms with Crippen LogP contribution in [0, 0.1) is 0 Å². The van der Waals surface area contributed by atoms with Gasteiger partial charge in [0.2, 0.25) is 0 Å². The SMILES string of the molecule is CC1(Oc2ccc(O)cc2)CCCCC1. The second-order valence-electron chi connectivity index (χ2n) is 4.61. The summed E-state index contributed by atoms with van der Waals surface area (Å²) < 4.78 is 5.99.